The first-order valence-electron chi connectivity index (χ1n) is 2.19. The summed E-state index contributed by atoms with van der Waals surface area (Å²) >= 11 is 8.07. The Labute approximate surface area is 61.6 Å². The van der Waals surface area contributed by atoms with Crippen LogP contribution in [-0.4, -0.2) is 16.0 Å². The van der Waals surface area contributed by atoms with E-state index in [1.54, 1.807) is 6.21 Å². The van der Waals surface area contributed by atoms with Crippen molar-refractivity contribution in [3.63, 3.8) is 0 Å². The summed E-state index contributed by atoms with van der Waals surface area (Å²) in [6.07, 6.45) is 5.53. The zero-order chi connectivity index (χ0) is 5.98. The number of hydrogen-bond donors (Lipinski definition) is 0. The summed E-state index contributed by atoms with van der Waals surface area (Å²) in [7, 11) is 0. The third-order valence-electron chi connectivity index (χ3n) is 0.767. The fraction of sp³-hybridized carbons (Fsp3) is 0.200. The number of halogens is 1. The second-order valence-electron chi connectivity index (χ2n) is 1.42. The van der Waals surface area contributed by atoms with E-state index in [0.717, 1.165) is 0 Å². The Morgan fingerprint density at radius 1 is 1.75 bits per heavy atom. The topological polar surface area (TPSA) is 12.4 Å². The minimum atomic E-state index is 0.272. The van der Waals surface area contributed by atoms with Crippen LogP contribution in [0.5, 0.6) is 0 Å². The molecule has 1 heterocycles. The predicted octanol–water partition coefficient (Wildman–Crippen LogP) is 1.72. The van der Waals surface area contributed by atoms with Crippen molar-refractivity contribution < 1.29 is 0 Å². The van der Waals surface area contributed by atoms with Crippen LogP contribution in [0.2, 0.25) is 0 Å². The maximum absolute atomic E-state index is 4.75. The van der Waals surface area contributed by atoms with E-state index in [9.17, 15) is 0 Å². The summed E-state index contributed by atoms with van der Waals surface area (Å²) in [4.78, 5) is 4.81. The molecule has 0 aromatic rings. The molecule has 0 fully saturated rings. The number of thiocarbonyl (C=S) groups is 1. The third kappa shape index (κ3) is 1.49. The number of hydrogen-bond acceptors (Lipinski definition) is 1. The molecule has 0 radical (unpaired) electrons. The van der Waals surface area contributed by atoms with Gasteiger partial charge in [-0.1, -0.05) is 34.2 Å². The first-order chi connectivity index (χ1) is 3.79. The molecule has 1 aliphatic rings. The zero-order valence-corrected chi connectivity index (χ0v) is 6.45. The molecule has 42 valence electrons. The standard InChI is InChI=1S/C5H4BrNS/c6-4-1-2-5(8)7-3-4/h1-4H. The molecule has 0 N–H and O–H groups in total. The minimum absolute atomic E-state index is 0.272. The van der Waals surface area contributed by atoms with Crippen molar-refractivity contribution in [2.75, 3.05) is 0 Å². The van der Waals surface area contributed by atoms with Gasteiger partial charge in [0.2, 0.25) is 0 Å². The SMILES string of the molecule is S=C1C=CC(Br)C=N1. The van der Waals surface area contributed by atoms with Crippen molar-refractivity contribution in [2.45, 2.75) is 4.83 Å². The highest BCUT2D eigenvalue weighted by molar-refractivity contribution is 9.10. The van der Waals surface area contributed by atoms with E-state index < -0.39 is 0 Å². The van der Waals surface area contributed by atoms with E-state index in [-0.39, 0.29) is 4.83 Å². The van der Waals surface area contributed by atoms with E-state index >= 15 is 0 Å². The smallest absolute Gasteiger partial charge is 0.125 e. The van der Waals surface area contributed by atoms with E-state index in [0.29, 0.717) is 4.99 Å². The third-order valence-corrected chi connectivity index (χ3v) is 1.55. The Hall–Kier alpha value is -0.0200. The summed E-state index contributed by atoms with van der Waals surface area (Å²) in [5, 5.41) is 0. The van der Waals surface area contributed by atoms with Crippen LogP contribution in [0, 0.1) is 0 Å². The van der Waals surface area contributed by atoms with Crippen LogP contribution in [0.1, 0.15) is 0 Å². The maximum atomic E-state index is 4.75. The molecule has 0 saturated carbocycles. The number of aliphatic imine (C=N–C) groups is 1. The molecule has 1 rings (SSSR count). The van der Waals surface area contributed by atoms with Gasteiger partial charge in [-0.2, -0.15) is 0 Å². The Morgan fingerprint density at radius 3 is 2.88 bits per heavy atom. The van der Waals surface area contributed by atoms with Crippen molar-refractivity contribution in [3.8, 4) is 0 Å². The molecular weight excluding hydrogens is 186 g/mol. The van der Waals surface area contributed by atoms with Gasteiger partial charge in [-0.25, -0.2) is 4.99 Å². The van der Waals surface area contributed by atoms with Crippen LogP contribution in [0.3, 0.4) is 0 Å². The van der Waals surface area contributed by atoms with Crippen molar-refractivity contribution in [3.05, 3.63) is 12.2 Å². The van der Waals surface area contributed by atoms with E-state index in [2.05, 4.69) is 20.9 Å². The van der Waals surface area contributed by atoms with Crippen LogP contribution in [0.25, 0.3) is 0 Å². The molecular formula is C5H4BrNS. The van der Waals surface area contributed by atoms with Crippen LogP contribution < -0.4 is 0 Å². The second kappa shape index (κ2) is 2.51. The molecule has 1 nitrogen and oxygen atoms in total. The zero-order valence-electron chi connectivity index (χ0n) is 4.04. The number of nitrogens with zero attached hydrogens (tertiary/aromatic N) is 1. The summed E-state index contributed by atoms with van der Waals surface area (Å²) in [5.41, 5.74) is 0. The van der Waals surface area contributed by atoms with Crippen LogP contribution in [0.15, 0.2) is 17.1 Å². The molecule has 0 aromatic carbocycles. The molecule has 1 aliphatic heterocycles. The normalized spacial score (nSPS) is 26.6. The minimum Gasteiger partial charge on any atom is -0.248 e. The molecule has 0 bridgehead atoms. The highest BCUT2D eigenvalue weighted by Crippen LogP contribution is 2.03. The molecule has 0 aromatic heterocycles. The summed E-state index contributed by atoms with van der Waals surface area (Å²) in [5.74, 6) is 0. The van der Waals surface area contributed by atoms with Gasteiger partial charge in [-0.3, -0.25) is 0 Å². The molecule has 8 heavy (non-hydrogen) atoms. The van der Waals surface area contributed by atoms with Gasteiger partial charge < -0.3 is 0 Å². The molecule has 1 atom stereocenters. The van der Waals surface area contributed by atoms with E-state index in [1.807, 2.05) is 12.2 Å². The first kappa shape index (κ1) is 6.11. The van der Waals surface area contributed by atoms with Gasteiger partial charge in [-0.05, 0) is 6.08 Å². The lowest BCUT2D eigenvalue weighted by molar-refractivity contribution is 1.53. The van der Waals surface area contributed by atoms with Crippen LogP contribution in [-0.2, 0) is 0 Å². The fourth-order valence-electron chi connectivity index (χ4n) is 0.412. The first-order valence-corrected chi connectivity index (χ1v) is 3.52. The highest BCUT2D eigenvalue weighted by Gasteiger charge is 1.98. The molecule has 0 amide bonds. The van der Waals surface area contributed by atoms with Crippen molar-refractivity contribution in [1.29, 1.82) is 0 Å². The van der Waals surface area contributed by atoms with Gasteiger partial charge in [0.05, 0.1) is 4.83 Å². The molecule has 1 unspecified atom stereocenters. The van der Waals surface area contributed by atoms with Gasteiger partial charge in [-0.15, -0.1) is 0 Å². The van der Waals surface area contributed by atoms with Crippen molar-refractivity contribution in [1.82, 2.24) is 0 Å². The summed E-state index contributed by atoms with van der Waals surface area (Å²) in [6.45, 7) is 0. The lowest BCUT2D eigenvalue weighted by atomic mass is 10.3. The van der Waals surface area contributed by atoms with Crippen molar-refractivity contribution >= 4 is 39.4 Å². The lowest BCUT2D eigenvalue weighted by Crippen LogP contribution is -2.01. The van der Waals surface area contributed by atoms with Crippen molar-refractivity contribution in [2.24, 2.45) is 4.99 Å². The number of rotatable bonds is 0. The Morgan fingerprint density at radius 2 is 2.50 bits per heavy atom. The van der Waals surface area contributed by atoms with Gasteiger partial charge in [0.25, 0.3) is 0 Å². The van der Waals surface area contributed by atoms with Gasteiger partial charge >= 0.3 is 0 Å². The number of allylic oxidation sites excluding steroid dienone is 1. The number of dihydropyridines is 1. The second-order valence-corrected chi connectivity index (χ2v) is 2.90. The van der Waals surface area contributed by atoms with E-state index in [4.69, 9.17) is 12.2 Å². The van der Waals surface area contributed by atoms with E-state index in [1.165, 1.54) is 0 Å². The largest absolute Gasteiger partial charge is 0.248 e. The molecule has 0 aliphatic carbocycles. The van der Waals surface area contributed by atoms with Gasteiger partial charge in [0, 0.05) is 6.21 Å². The Kier molecular flexibility index (Phi) is 1.91. The number of alkyl halides is 1. The fourth-order valence-corrected chi connectivity index (χ4v) is 0.822. The van der Waals surface area contributed by atoms with Gasteiger partial charge in [0.1, 0.15) is 4.99 Å². The summed E-state index contributed by atoms with van der Waals surface area (Å²) in [6, 6.07) is 0. The summed E-state index contributed by atoms with van der Waals surface area (Å²) < 4.78 is 0. The molecule has 3 heteroatoms. The monoisotopic (exact) mass is 189 g/mol. The molecule has 0 spiro atoms. The average molecular weight is 190 g/mol. The highest BCUT2D eigenvalue weighted by atomic mass is 79.9. The quantitative estimate of drug-likeness (QED) is 0.418. The predicted molar refractivity (Wildman–Crippen MR) is 42.9 cm³/mol. The lowest BCUT2D eigenvalue weighted by Gasteiger charge is -1.98. The molecule has 0 saturated heterocycles. The average Bonchev–Trinajstić information content (AvgIpc) is 1.77. The Bertz CT molecular complexity index is 146. The van der Waals surface area contributed by atoms with Crippen LogP contribution >= 0.6 is 28.1 Å². The van der Waals surface area contributed by atoms with Gasteiger partial charge in [0.15, 0.2) is 0 Å². The van der Waals surface area contributed by atoms with Crippen LogP contribution in [0.4, 0.5) is 0 Å². The Balaban J connectivity index is 2.68. The maximum Gasteiger partial charge on any atom is 0.125 e.